The van der Waals surface area contributed by atoms with E-state index in [9.17, 15) is 4.79 Å². The Morgan fingerprint density at radius 3 is 2.56 bits per heavy atom. The molecule has 1 saturated carbocycles. The Hall–Kier alpha value is -0.570. The molecule has 0 radical (unpaired) electrons. The average Bonchev–Trinajstić information content (AvgIpc) is 2.82. The molecule has 0 spiro atoms. The summed E-state index contributed by atoms with van der Waals surface area (Å²) in [5.74, 6) is -0.0668. The third-order valence-corrected chi connectivity index (χ3v) is 3.70. The Kier molecular flexibility index (Phi) is 5.81. The van der Waals surface area contributed by atoms with Gasteiger partial charge in [0.1, 0.15) is 6.04 Å². The van der Waals surface area contributed by atoms with Crippen molar-refractivity contribution in [2.75, 3.05) is 14.2 Å². The van der Waals surface area contributed by atoms with Gasteiger partial charge in [0.2, 0.25) is 0 Å². The minimum absolute atomic E-state index is 0.0342. The first kappa shape index (κ1) is 13.5. The lowest BCUT2D eigenvalue weighted by atomic mass is 10.1. The maximum absolute atomic E-state index is 11.8. The molecule has 1 aliphatic carbocycles. The highest BCUT2D eigenvalue weighted by Gasteiger charge is 2.30. The zero-order valence-corrected chi connectivity index (χ0v) is 10.9. The minimum Gasteiger partial charge on any atom is -0.468 e. The van der Waals surface area contributed by atoms with E-state index in [1.807, 2.05) is 0 Å². The van der Waals surface area contributed by atoms with Crippen molar-refractivity contribution in [2.45, 2.75) is 64.0 Å². The summed E-state index contributed by atoms with van der Waals surface area (Å²) in [5.41, 5.74) is 0. The molecule has 1 fully saturated rings. The van der Waals surface area contributed by atoms with Crippen LogP contribution in [0.1, 0.15) is 51.9 Å². The lowest BCUT2D eigenvalue weighted by molar-refractivity contribution is -0.147. The van der Waals surface area contributed by atoms with E-state index in [1.165, 1.54) is 32.8 Å². The molecule has 1 rings (SSSR count). The molecular weight excluding hydrogens is 202 g/mol. The molecule has 3 heteroatoms. The second-order valence-corrected chi connectivity index (χ2v) is 4.78. The van der Waals surface area contributed by atoms with Crippen molar-refractivity contribution in [3.8, 4) is 0 Å². The van der Waals surface area contributed by atoms with Gasteiger partial charge in [-0.05, 0) is 26.3 Å². The van der Waals surface area contributed by atoms with E-state index in [0.717, 1.165) is 19.3 Å². The van der Waals surface area contributed by atoms with Gasteiger partial charge in [0, 0.05) is 6.04 Å². The third kappa shape index (κ3) is 3.48. The molecule has 16 heavy (non-hydrogen) atoms. The van der Waals surface area contributed by atoms with Crippen LogP contribution in [0.25, 0.3) is 0 Å². The number of unbranched alkanes of at least 4 members (excludes halogenated alkanes) is 1. The summed E-state index contributed by atoms with van der Waals surface area (Å²) >= 11 is 0. The Bertz CT molecular complexity index is 212. The largest absolute Gasteiger partial charge is 0.468 e. The van der Waals surface area contributed by atoms with Crippen LogP contribution in [0.15, 0.2) is 0 Å². The number of carbonyl (C=O) groups is 1. The van der Waals surface area contributed by atoms with E-state index in [2.05, 4.69) is 18.9 Å². The van der Waals surface area contributed by atoms with Crippen LogP contribution in [0.4, 0.5) is 0 Å². The molecule has 0 aromatic carbocycles. The van der Waals surface area contributed by atoms with Crippen LogP contribution in [0.3, 0.4) is 0 Å². The SMILES string of the molecule is CCCCC(C(=O)OC)N(C)C1CCCC1. The molecule has 0 aliphatic heterocycles. The van der Waals surface area contributed by atoms with Crippen LogP contribution < -0.4 is 0 Å². The highest BCUT2D eigenvalue weighted by molar-refractivity contribution is 5.75. The Morgan fingerprint density at radius 2 is 2.06 bits per heavy atom. The fourth-order valence-corrected chi connectivity index (χ4v) is 2.59. The summed E-state index contributed by atoms with van der Waals surface area (Å²) in [4.78, 5) is 14.0. The summed E-state index contributed by atoms with van der Waals surface area (Å²) in [7, 11) is 3.57. The van der Waals surface area contributed by atoms with Crippen molar-refractivity contribution < 1.29 is 9.53 Å². The highest BCUT2D eigenvalue weighted by atomic mass is 16.5. The molecule has 0 N–H and O–H groups in total. The number of likely N-dealkylation sites (N-methyl/N-ethyl adjacent to an activating group) is 1. The number of hydrogen-bond acceptors (Lipinski definition) is 3. The van der Waals surface area contributed by atoms with Crippen molar-refractivity contribution >= 4 is 5.97 Å². The predicted octanol–water partition coefficient (Wildman–Crippen LogP) is 2.59. The predicted molar refractivity (Wildman–Crippen MR) is 65.3 cm³/mol. The lowest BCUT2D eigenvalue weighted by Crippen LogP contribution is -2.44. The molecule has 0 amide bonds. The molecule has 0 heterocycles. The molecule has 1 atom stereocenters. The molecule has 94 valence electrons. The fraction of sp³-hybridized carbons (Fsp3) is 0.923. The third-order valence-electron chi connectivity index (χ3n) is 3.70. The Morgan fingerprint density at radius 1 is 1.44 bits per heavy atom. The molecule has 0 aromatic rings. The van der Waals surface area contributed by atoms with Gasteiger partial charge in [0.15, 0.2) is 0 Å². The van der Waals surface area contributed by atoms with E-state index in [4.69, 9.17) is 4.74 Å². The number of hydrogen-bond donors (Lipinski definition) is 0. The van der Waals surface area contributed by atoms with Gasteiger partial charge >= 0.3 is 5.97 Å². The molecular formula is C13H25NO2. The second-order valence-electron chi connectivity index (χ2n) is 4.78. The first-order valence-corrected chi connectivity index (χ1v) is 6.50. The van der Waals surface area contributed by atoms with Gasteiger partial charge in [-0.25, -0.2) is 0 Å². The Balaban J connectivity index is 2.55. The van der Waals surface area contributed by atoms with Gasteiger partial charge in [0.05, 0.1) is 7.11 Å². The molecule has 1 aliphatic rings. The monoisotopic (exact) mass is 227 g/mol. The number of carbonyl (C=O) groups excluding carboxylic acids is 1. The zero-order valence-electron chi connectivity index (χ0n) is 10.9. The molecule has 0 saturated heterocycles. The first-order valence-electron chi connectivity index (χ1n) is 6.50. The van der Waals surface area contributed by atoms with Crippen LogP contribution >= 0.6 is 0 Å². The molecule has 3 nitrogen and oxygen atoms in total. The molecule has 0 aromatic heterocycles. The van der Waals surface area contributed by atoms with Crippen molar-refractivity contribution in [3.63, 3.8) is 0 Å². The van der Waals surface area contributed by atoms with Gasteiger partial charge in [-0.15, -0.1) is 0 Å². The van der Waals surface area contributed by atoms with E-state index in [0.29, 0.717) is 6.04 Å². The number of nitrogens with zero attached hydrogens (tertiary/aromatic N) is 1. The van der Waals surface area contributed by atoms with Crippen molar-refractivity contribution in [3.05, 3.63) is 0 Å². The minimum atomic E-state index is -0.0668. The number of ether oxygens (including phenoxy) is 1. The summed E-state index contributed by atoms with van der Waals surface area (Å²) in [6, 6.07) is 0.550. The first-order chi connectivity index (χ1) is 7.70. The summed E-state index contributed by atoms with van der Waals surface area (Å²) in [5, 5.41) is 0. The van der Waals surface area contributed by atoms with E-state index >= 15 is 0 Å². The van der Waals surface area contributed by atoms with Crippen molar-refractivity contribution in [2.24, 2.45) is 0 Å². The molecule has 1 unspecified atom stereocenters. The number of methoxy groups -OCH3 is 1. The maximum Gasteiger partial charge on any atom is 0.323 e. The lowest BCUT2D eigenvalue weighted by Gasteiger charge is -2.31. The zero-order chi connectivity index (χ0) is 12.0. The average molecular weight is 227 g/mol. The van der Waals surface area contributed by atoms with Crippen molar-refractivity contribution in [1.29, 1.82) is 0 Å². The fourth-order valence-electron chi connectivity index (χ4n) is 2.59. The second kappa shape index (κ2) is 6.89. The van der Waals surface area contributed by atoms with E-state index in [-0.39, 0.29) is 12.0 Å². The number of rotatable bonds is 6. The number of esters is 1. The highest BCUT2D eigenvalue weighted by Crippen LogP contribution is 2.25. The standard InChI is InChI=1S/C13H25NO2/c1-4-5-10-12(13(15)16-3)14(2)11-8-6-7-9-11/h11-12H,4-10H2,1-3H3. The van der Waals surface area contributed by atoms with E-state index in [1.54, 1.807) is 0 Å². The maximum atomic E-state index is 11.8. The van der Waals surface area contributed by atoms with Gasteiger partial charge in [-0.1, -0.05) is 32.6 Å². The van der Waals surface area contributed by atoms with Crippen LogP contribution in [-0.4, -0.2) is 37.1 Å². The van der Waals surface area contributed by atoms with Gasteiger partial charge < -0.3 is 4.74 Å². The summed E-state index contributed by atoms with van der Waals surface area (Å²) in [6.07, 6.45) is 8.22. The van der Waals surface area contributed by atoms with Crippen molar-refractivity contribution in [1.82, 2.24) is 4.90 Å². The smallest absolute Gasteiger partial charge is 0.323 e. The van der Waals surface area contributed by atoms with Gasteiger partial charge in [0.25, 0.3) is 0 Å². The van der Waals surface area contributed by atoms with Crippen LogP contribution in [-0.2, 0) is 9.53 Å². The quantitative estimate of drug-likeness (QED) is 0.653. The van der Waals surface area contributed by atoms with Crippen LogP contribution in [0.2, 0.25) is 0 Å². The van der Waals surface area contributed by atoms with Gasteiger partial charge in [-0.3, -0.25) is 9.69 Å². The summed E-state index contributed by atoms with van der Waals surface area (Å²) in [6.45, 7) is 2.16. The van der Waals surface area contributed by atoms with Crippen LogP contribution in [0, 0.1) is 0 Å². The molecule has 0 bridgehead atoms. The van der Waals surface area contributed by atoms with Gasteiger partial charge in [-0.2, -0.15) is 0 Å². The normalized spacial score (nSPS) is 19.0. The van der Waals surface area contributed by atoms with Crippen LogP contribution in [0.5, 0.6) is 0 Å². The van der Waals surface area contributed by atoms with E-state index < -0.39 is 0 Å². The topological polar surface area (TPSA) is 29.5 Å². The Labute approximate surface area is 99.1 Å². The summed E-state index contributed by atoms with van der Waals surface area (Å²) < 4.78 is 4.91.